The van der Waals surface area contributed by atoms with Gasteiger partial charge in [0, 0.05) is 18.5 Å². The first kappa shape index (κ1) is 15.0. The highest BCUT2D eigenvalue weighted by molar-refractivity contribution is 7.90. The van der Waals surface area contributed by atoms with Gasteiger partial charge in [0.1, 0.15) is 0 Å². The molecule has 0 spiro atoms. The Morgan fingerprint density at radius 3 is 2.06 bits per heavy atom. The number of rotatable bonds is 6. The third kappa shape index (κ3) is 3.99. The zero-order chi connectivity index (χ0) is 13.8. The smallest absolute Gasteiger partial charge is 0.175 e. The lowest BCUT2D eigenvalue weighted by atomic mass is 9.97. The van der Waals surface area contributed by atoms with Crippen molar-refractivity contribution in [1.82, 2.24) is 0 Å². The third-order valence-corrected chi connectivity index (χ3v) is 4.35. The van der Waals surface area contributed by atoms with E-state index in [9.17, 15) is 13.5 Å². The van der Waals surface area contributed by atoms with Crippen LogP contribution in [0.15, 0.2) is 29.2 Å². The maximum Gasteiger partial charge on any atom is 0.175 e. The molecule has 0 aromatic heterocycles. The molecule has 0 saturated heterocycles. The summed E-state index contributed by atoms with van der Waals surface area (Å²) < 4.78 is 22.6. The van der Waals surface area contributed by atoms with Crippen LogP contribution in [-0.4, -0.2) is 31.9 Å². The van der Waals surface area contributed by atoms with Crippen molar-refractivity contribution in [2.75, 3.05) is 18.1 Å². The predicted octanol–water partition coefficient (Wildman–Crippen LogP) is 2.05. The van der Waals surface area contributed by atoms with Crippen LogP contribution >= 0.6 is 0 Å². The number of nitrogens with one attached hydrogen (secondary N) is 1. The van der Waals surface area contributed by atoms with Gasteiger partial charge in [0.25, 0.3) is 0 Å². The van der Waals surface area contributed by atoms with Crippen LogP contribution in [0, 0.1) is 0 Å². The Bertz CT molecular complexity index is 475. The molecule has 0 aliphatic carbocycles. The van der Waals surface area contributed by atoms with Gasteiger partial charge in [0.15, 0.2) is 9.84 Å². The molecule has 0 bridgehead atoms. The standard InChI is InChI=1S/C13H21NO3S/c1-4-13(15,5-2)10-14-11-6-8-12(9-7-11)18(3,16)17/h6-9,14-15H,4-5,10H2,1-3H3. The van der Waals surface area contributed by atoms with Crippen molar-refractivity contribution in [3.8, 4) is 0 Å². The molecule has 2 N–H and O–H groups in total. The summed E-state index contributed by atoms with van der Waals surface area (Å²) in [7, 11) is -3.15. The molecule has 4 nitrogen and oxygen atoms in total. The number of benzene rings is 1. The molecule has 1 rings (SSSR count). The van der Waals surface area contributed by atoms with E-state index >= 15 is 0 Å². The van der Waals surface area contributed by atoms with Gasteiger partial charge in [-0.05, 0) is 37.1 Å². The maximum atomic E-state index is 11.3. The van der Waals surface area contributed by atoms with Crippen LogP contribution in [-0.2, 0) is 9.84 Å². The van der Waals surface area contributed by atoms with Crippen LogP contribution in [0.5, 0.6) is 0 Å². The van der Waals surface area contributed by atoms with E-state index in [1.54, 1.807) is 24.3 Å². The molecule has 0 amide bonds. The van der Waals surface area contributed by atoms with E-state index < -0.39 is 15.4 Å². The number of sulfone groups is 1. The minimum atomic E-state index is -3.15. The van der Waals surface area contributed by atoms with Crippen LogP contribution in [0.25, 0.3) is 0 Å². The number of hydrogen-bond acceptors (Lipinski definition) is 4. The van der Waals surface area contributed by atoms with Gasteiger partial charge < -0.3 is 10.4 Å². The van der Waals surface area contributed by atoms with Crippen molar-refractivity contribution in [3.05, 3.63) is 24.3 Å². The van der Waals surface area contributed by atoms with E-state index in [1.807, 2.05) is 13.8 Å². The van der Waals surface area contributed by atoms with E-state index in [0.717, 1.165) is 5.69 Å². The second-order valence-electron chi connectivity index (χ2n) is 4.58. The predicted molar refractivity (Wildman–Crippen MR) is 73.6 cm³/mol. The summed E-state index contributed by atoms with van der Waals surface area (Å²) >= 11 is 0. The first-order valence-corrected chi connectivity index (χ1v) is 7.96. The Kier molecular flexibility index (Phi) is 4.76. The Morgan fingerprint density at radius 2 is 1.67 bits per heavy atom. The molecule has 102 valence electrons. The monoisotopic (exact) mass is 271 g/mol. The van der Waals surface area contributed by atoms with Crippen LogP contribution in [0.1, 0.15) is 26.7 Å². The quantitative estimate of drug-likeness (QED) is 0.831. The maximum absolute atomic E-state index is 11.3. The van der Waals surface area contributed by atoms with Crippen molar-refractivity contribution >= 4 is 15.5 Å². The molecule has 0 aliphatic heterocycles. The van der Waals surface area contributed by atoms with Crippen molar-refractivity contribution in [2.45, 2.75) is 37.2 Å². The third-order valence-electron chi connectivity index (χ3n) is 3.22. The second-order valence-corrected chi connectivity index (χ2v) is 6.60. The molecule has 5 heteroatoms. The zero-order valence-electron chi connectivity index (χ0n) is 11.1. The lowest BCUT2D eigenvalue weighted by molar-refractivity contribution is 0.0457. The Balaban J connectivity index is 2.71. The molecule has 18 heavy (non-hydrogen) atoms. The number of hydrogen-bond donors (Lipinski definition) is 2. The molecule has 0 saturated carbocycles. The van der Waals surface area contributed by atoms with Gasteiger partial charge in [-0.2, -0.15) is 0 Å². The Hall–Kier alpha value is -1.07. The molecule has 0 aliphatic rings. The summed E-state index contributed by atoms with van der Waals surface area (Å²) in [6.45, 7) is 4.34. The first-order chi connectivity index (χ1) is 8.30. The van der Waals surface area contributed by atoms with Gasteiger partial charge >= 0.3 is 0 Å². The van der Waals surface area contributed by atoms with Crippen LogP contribution in [0.3, 0.4) is 0 Å². The fraction of sp³-hybridized carbons (Fsp3) is 0.538. The highest BCUT2D eigenvalue weighted by atomic mass is 32.2. The van der Waals surface area contributed by atoms with Crippen LogP contribution < -0.4 is 5.32 Å². The van der Waals surface area contributed by atoms with Crippen molar-refractivity contribution in [1.29, 1.82) is 0 Å². The largest absolute Gasteiger partial charge is 0.388 e. The fourth-order valence-electron chi connectivity index (χ4n) is 1.59. The normalized spacial score (nSPS) is 12.4. The number of anilines is 1. The van der Waals surface area contributed by atoms with E-state index in [1.165, 1.54) is 6.26 Å². The highest BCUT2D eigenvalue weighted by Crippen LogP contribution is 2.18. The summed E-state index contributed by atoms with van der Waals surface area (Å²) in [5, 5.41) is 13.2. The number of aliphatic hydroxyl groups is 1. The Morgan fingerprint density at radius 1 is 1.17 bits per heavy atom. The fourth-order valence-corrected chi connectivity index (χ4v) is 2.22. The summed E-state index contributed by atoms with van der Waals surface area (Å²) in [6.07, 6.45) is 2.54. The Labute approximate surface area is 109 Å². The minimum absolute atomic E-state index is 0.300. The molecule has 1 aromatic rings. The molecule has 1 aromatic carbocycles. The lowest BCUT2D eigenvalue weighted by Gasteiger charge is -2.26. The van der Waals surface area contributed by atoms with Gasteiger partial charge in [0.2, 0.25) is 0 Å². The van der Waals surface area contributed by atoms with Gasteiger partial charge in [0.05, 0.1) is 10.5 Å². The summed E-state index contributed by atoms with van der Waals surface area (Å²) in [5.41, 5.74) is 0.0953. The SMILES string of the molecule is CCC(O)(CC)CNc1ccc(S(C)(=O)=O)cc1. The van der Waals surface area contributed by atoms with Gasteiger partial charge in [-0.1, -0.05) is 13.8 Å². The van der Waals surface area contributed by atoms with Crippen molar-refractivity contribution in [2.24, 2.45) is 0 Å². The van der Waals surface area contributed by atoms with E-state index in [2.05, 4.69) is 5.32 Å². The molecule has 0 fully saturated rings. The first-order valence-electron chi connectivity index (χ1n) is 6.07. The molecular weight excluding hydrogens is 250 g/mol. The topological polar surface area (TPSA) is 66.4 Å². The van der Waals surface area contributed by atoms with Crippen molar-refractivity contribution in [3.63, 3.8) is 0 Å². The molecule has 0 radical (unpaired) electrons. The molecule has 0 unspecified atom stereocenters. The van der Waals surface area contributed by atoms with Gasteiger partial charge in [-0.25, -0.2) is 8.42 Å². The van der Waals surface area contributed by atoms with Gasteiger partial charge in [-0.15, -0.1) is 0 Å². The molecule has 0 atom stereocenters. The minimum Gasteiger partial charge on any atom is -0.388 e. The average molecular weight is 271 g/mol. The summed E-state index contributed by atoms with van der Waals surface area (Å²) in [6, 6.07) is 6.55. The van der Waals surface area contributed by atoms with Crippen LogP contribution in [0.2, 0.25) is 0 Å². The lowest BCUT2D eigenvalue weighted by Crippen LogP contribution is -2.35. The summed E-state index contributed by atoms with van der Waals surface area (Å²) in [4.78, 5) is 0.300. The molecule has 0 heterocycles. The highest BCUT2D eigenvalue weighted by Gasteiger charge is 2.21. The average Bonchev–Trinajstić information content (AvgIpc) is 2.35. The van der Waals surface area contributed by atoms with E-state index in [0.29, 0.717) is 24.3 Å². The van der Waals surface area contributed by atoms with Gasteiger partial charge in [-0.3, -0.25) is 0 Å². The van der Waals surface area contributed by atoms with Crippen LogP contribution in [0.4, 0.5) is 5.69 Å². The van der Waals surface area contributed by atoms with E-state index in [4.69, 9.17) is 0 Å². The van der Waals surface area contributed by atoms with E-state index in [-0.39, 0.29) is 0 Å². The van der Waals surface area contributed by atoms with Crippen molar-refractivity contribution < 1.29 is 13.5 Å². The zero-order valence-corrected chi connectivity index (χ0v) is 11.9. The molecular formula is C13H21NO3S. The second kappa shape index (κ2) is 5.71. The summed E-state index contributed by atoms with van der Waals surface area (Å²) in [5.74, 6) is 0.